The highest BCUT2D eigenvalue weighted by Gasteiger charge is 2.32. The van der Waals surface area contributed by atoms with Crippen molar-refractivity contribution in [2.75, 3.05) is 6.61 Å². The summed E-state index contributed by atoms with van der Waals surface area (Å²) in [4.78, 5) is 0. The highest BCUT2D eigenvalue weighted by molar-refractivity contribution is 5.15. The highest BCUT2D eigenvalue weighted by atomic mass is 16.5. The third kappa shape index (κ3) is 4.44. The maximum atomic E-state index is 6.44. The average Bonchev–Trinajstić information content (AvgIpc) is 2.51. The van der Waals surface area contributed by atoms with Gasteiger partial charge in [0.2, 0.25) is 0 Å². The van der Waals surface area contributed by atoms with Crippen LogP contribution >= 0.6 is 0 Å². The summed E-state index contributed by atoms with van der Waals surface area (Å²) in [6, 6.07) is 0.0630. The Morgan fingerprint density at radius 1 is 1.29 bits per heavy atom. The van der Waals surface area contributed by atoms with Crippen molar-refractivity contribution in [1.29, 1.82) is 0 Å². The molecule has 100 valence electrons. The van der Waals surface area contributed by atoms with E-state index in [2.05, 4.69) is 26.8 Å². The van der Waals surface area contributed by atoms with Crippen LogP contribution in [-0.2, 0) is 4.74 Å². The van der Waals surface area contributed by atoms with Gasteiger partial charge in [-0.2, -0.15) is 0 Å². The van der Waals surface area contributed by atoms with Crippen molar-refractivity contribution < 1.29 is 4.74 Å². The summed E-state index contributed by atoms with van der Waals surface area (Å²) in [5.74, 6) is 0. The van der Waals surface area contributed by atoms with Gasteiger partial charge in [-0.05, 0) is 38.0 Å². The van der Waals surface area contributed by atoms with Crippen LogP contribution in [0.5, 0.6) is 0 Å². The summed E-state index contributed by atoms with van der Waals surface area (Å²) in [6.07, 6.45) is 8.74. The molecule has 0 radical (unpaired) electrons. The van der Waals surface area contributed by atoms with Crippen LogP contribution in [0.3, 0.4) is 0 Å². The third-order valence-corrected chi connectivity index (χ3v) is 3.53. The van der Waals surface area contributed by atoms with E-state index in [1.165, 1.54) is 31.3 Å². The Morgan fingerprint density at radius 2 is 2.00 bits per heavy atom. The van der Waals surface area contributed by atoms with E-state index in [9.17, 15) is 0 Å². The van der Waals surface area contributed by atoms with E-state index in [0.717, 1.165) is 13.0 Å². The Labute approximate surface area is 107 Å². The first-order chi connectivity index (χ1) is 7.96. The van der Waals surface area contributed by atoms with Crippen molar-refractivity contribution in [3.63, 3.8) is 0 Å². The Hall–Kier alpha value is -0.340. The number of hydrogen-bond acceptors (Lipinski definition) is 2. The van der Waals surface area contributed by atoms with Crippen molar-refractivity contribution in [2.24, 2.45) is 11.1 Å². The largest absolute Gasteiger partial charge is 0.376 e. The quantitative estimate of drug-likeness (QED) is 0.760. The standard InChI is InChI=1S/C15H29NO/c1-5-17-14(15(2,3)4)13(16)12-10-8-6-7-9-11-12/h10,13-14H,5-9,11,16H2,1-4H3. The zero-order valence-electron chi connectivity index (χ0n) is 12.0. The van der Waals surface area contributed by atoms with Crippen LogP contribution in [0.4, 0.5) is 0 Å². The van der Waals surface area contributed by atoms with E-state index in [4.69, 9.17) is 10.5 Å². The lowest BCUT2D eigenvalue weighted by Crippen LogP contribution is -2.46. The lowest BCUT2D eigenvalue weighted by Gasteiger charge is -2.36. The fourth-order valence-electron chi connectivity index (χ4n) is 2.61. The first kappa shape index (κ1) is 14.7. The normalized spacial score (nSPS) is 21.6. The van der Waals surface area contributed by atoms with Gasteiger partial charge in [-0.1, -0.05) is 38.8 Å². The number of hydrogen-bond donors (Lipinski definition) is 1. The summed E-state index contributed by atoms with van der Waals surface area (Å²) in [5.41, 5.74) is 7.95. The van der Waals surface area contributed by atoms with Crippen LogP contribution in [0.15, 0.2) is 11.6 Å². The van der Waals surface area contributed by atoms with Gasteiger partial charge in [0, 0.05) is 6.61 Å². The lowest BCUT2D eigenvalue weighted by molar-refractivity contribution is -0.0211. The van der Waals surface area contributed by atoms with Crippen molar-refractivity contribution in [3.8, 4) is 0 Å². The molecule has 0 spiro atoms. The van der Waals surface area contributed by atoms with Gasteiger partial charge in [-0.3, -0.25) is 0 Å². The molecule has 0 aromatic carbocycles. The first-order valence-corrected chi connectivity index (χ1v) is 7.03. The highest BCUT2D eigenvalue weighted by Crippen LogP contribution is 2.30. The molecule has 1 aliphatic rings. The summed E-state index contributed by atoms with van der Waals surface area (Å²) >= 11 is 0. The molecule has 1 rings (SSSR count). The Kier molecular flexibility index (Phi) is 5.68. The number of rotatable bonds is 4. The van der Waals surface area contributed by atoms with E-state index in [-0.39, 0.29) is 17.6 Å². The van der Waals surface area contributed by atoms with Gasteiger partial charge < -0.3 is 10.5 Å². The summed E-state index contributed by atoms with van der Waals surface area (Å²) < 4.78 is 5.90. The minimum atomic E-state index is 0.0630. The molecule has 2 nitrogen and oxygen atoms in total. The molecule has 2 heteroatoms. The zero-order chi connectivity index (χ0) is 12.9. The number of ether oxygens (including phenoxy) is 1. The third-order valence-electron chi connectivity index (χ3n) is 3.53. The topological polar surface area (TPSA) is 35.2 Å². The van der Waals surface area contributed by atoms with Crippen LogP contribution in [0, 0.1) is 5.41 Å². The van der Waals surface area contributed by atoms with E-state index in [1.807, 2.05) is 6.92 Å². The van der Waals surface area contributed by atoms with Crippen LogP contribution in [-0.4, -0.2) is 18.8 Å². The van der Waals surface area contributed by atoms with Gasteiger partial charge in [0.05, 0.1) is 12.1 Å². The van der Waals surface area contributed by atoms with Crippen molar-refractivity contribution in [3.05, 3.63) is 11.6 Å². The fraction of sp³-hybridized carbons (Fsp3) is 0.867. The molecule has 1 aliphatic carbocycles. The fourth-order valence-corrected chi connectivity index (χ4v) is 2.61. The van der Waals surface area contributed by atoms with Gasteiger partial charge in [0.15, 0.2) is 0 Å². The molecule has 0 fully saturated rings. The van der Waals surface area contributed by atoms with Crippen molar-refractivity contribution in [1.82, 2.24) is 0 Å². The molecular formula is C15H29NO. The van der Waals surface area contributed by atoms with Gasteiger partial charge in [0.25, 0.3) is 0 Å². The number of allylic oxidation sites excluding steroid dienone is 1. The minimum absolute atomic E-state index is 0.0630. The smallest absolute Gasteiger partial charge is 0.0812 e. The van der Waals surface area contributed by atoms with Crippen LogP contribution in [0.25, 0.3) is 0 Å². The molecule has 0 bridgehead atoms. The van der Waals surface area contributed by atoms with E-state index in [1.54, 1.807) is 0 Å². The van der Waals surface area contributed by atoms with Crippen LogP contribution in [0.2, 0.25) is 0 Å². The molecule has 17 heavy (non-hydrogen) atoms. The first-order valence-electron chi connectivity index (χ1n) is 7.03. The Bertz CT molecular complexity index is 252. The average molecular weight is 239 g/mol. The predicted molar refractivity (Wildman–Crippen MR) is 74.0 cm³/mol. The zero-order valence-corrected chi connectivity index (χ0v) is 12.0. The van der Waals surface area contributed by atoms with Gasteiger partial charge in [-0.15, -0.1) is 0 Å². The molecule has 0 saturated carbocycles. The predicted octanol–water partition coefficient (Wildman–Crippen LogP) is 3.66. The molecule has 2 atom stereocenters. The van der Waals surface area contributed by atoms with E-state index in [0.29, 0.717) is 0 Å². The molecule has 0 aromatic heterocycles. The lowest BCUT2D eigenvalue weighted by atomic mass is 9.81. The van der Waals surface area contributed by atoms with Gasteiger partial charge in [-0.25, -0.2) is 0 Å². The van der Waals surface area contributed by atoms with Crippen molar-refractivity contribution >= 4 is 0 Å². The monoisotopic (exact) mass is 239 g/mol. The van der Waals surface area contributed by atoms with Crippen LogP contribution in [0.1, 0.15) is 59.8 Å². The molecule has 0 amide bonds. The molecule has 2 N–H and O–H groups in total. The SMILES string of the molecule is CCOC(C(N)C1=CCCCCC1)C(C)(C)C. The minimum Gasteiger partial charge on any atom is -0.376 e. The molecule has 0 aromatic rings. The summed E-state index contributed by atoms with van der Waals surface area (Å²) in [7, 11) is 0. The van der Waals surface area contributed by atoms with Gasteiger partial charge in [0.1, 0.15) is 0 Å². The van der Waals surface area contributed by atoms with E-state index < -0.39 is 0 Å². The Balaban J connectivity index is 2.75. The molecule has 0 aliphatic heterocycles. The molecule has 2 unspecified atom stereocenters. The molecule has 0 heterocycles. The van der Waals surface area contributed by atoms with Crippen molar-refractivity contribution in [2.45, 2.75) is 71.9 Å². The maximum Gasteiger partial charge on any atom is 0.0812 e. The van der Waals surface area contributed by atoms with Gasteiger partial charge >= 0.3 is 0 Å². The second-order valence-electron chi connectivity index (χ2n) is 6.15. The number of nitrogens with two attached hydrogens (primary N) is 1. The maximum absolute atomic E-state index is 6.44. The van der Waals surface area contributed by atoms with E-state index >= 15 is 0 Å². The van der Waals surface area contributed by atoms with Crippen LogP contribution < -0.4 is 5.73 Å². The summed E-state index contributed by atoms with van der Waals surface area (Å²) in [6.45, 7) is 9.43. The Morgan fingerprint density at radius 3 is 2.59 bits per heavy atom. The molecular weight excluding hydrogens is 210 g/mol. The molecule has 0 saturated heterocycles. The second kappa shape index (κ2) is 6.55. The summed E-state index contributed by atoms with van der Waals surface area (Å²) in [5, 5.41) is 0. The second-order valence-corrected chi connectivity index (χ2v) is 6.15.